The van der Waals surface area contributed by atoms with E-state index in [1.807, 2.05) is 0 Å². The maximum atomic E-state index is 12.5. The molecule has 0 atom stereocenters. The number of hydrogen-bond donors (Lipinski definition) is 1. The predicted molar refractivity (Wildman–Crippen MR) is 88.0 cm³/mol. The maximum Gasteiger partial charge on any atom is 0.323 e. The minimum atomic E-state index is -3.48. The number of carbonyl (C=O) groups is 2. The molecule has 1 saturated heterocycles. The number of rotatable bonds is 6. The van der Waals surface area contributed by atoms with Crippen LogP contribution in [0.15, 0.2) is 29.2 Å². The molecule has 1 aliphatic rings. The van der Waals surface area contributed by atoms with Gasteiger partial charge in [0.05, 0.1) is 11.3 Å². The molecule has 1 heterocycles. The molecule has 7 nitrogen and oxygen atoms in total. The Morgan fingerprint density at radius 2 is 1.71 bits per heavy atom. The van der Waals surface area contributed by atoms with Gasteiger partial charge in [0, 0.05) is 20.1 Å². The fraction of sp³-hybridized carbons (Fsp3) is 0.500. The van der Waals surface area contributed by atoms with Crippen LogP contribution in [0.1, 0.15) is 24.8 Å². The molecule has 132 valence electrons. The Balaban J connectivity index is 2.04. The molecule has 1 N–H and O–H groups in total. The number of carboxylic acid groups (broad SMARTS) is 1. The lowest BCUT2D eigenvalue weighted by Gasteiger charge is -2.25. The number of sulfonamides is 1. The number of carboxylic acids is 1. The van der Waals surface area contributed by atoms with Gasteiger partial charge in [-0.3, -0.25) is 9.59 Å². The number of piperidine rings is 1. The largest absolute Gasteiger partial charge is 0.480 e. The number of benzene rings is 1. The molecule has 2 rings (SSSR count). The van der Waals surface area contributed by atoms with E-state index in [1.165, 1.54) is 23.5 Å². The lowest BCUT2D eigenvalue weighted by atomic mass is 10.1. The molecule has 0 spiro atoms. The van der Waals surface area contributed by atoms with Crippen molar-refractivity contribution in [3.05, 3.63) is 29.8 Å². The van der Waals surface area contributed by atoms with Crippen LogP contribution in [0.4, 0.5) is 0 Å². The van der Waals surface area contributed by atoms with Gasteiger partial charge in [-0.25, -0.2) is 8.42 Å². The van der Waals surface area contributed by atoms with Crippen LogP contribution in [0.25, 0.3) is 0 Å². The summed E-state index contributed by atoms with van der Waals surface area (Å²) in [6.45, 7) is 0.728. The standard InChI is InChI=1S/C16H22N2O5S/c1-17(12-16(20)21)15(19)11-13-5-7-14(8-6-13)24(22,23)18-9-3-2-4-10-18/h5-8H,2-4,9-12H2,1H3,(H,20,21). The Bertz CT molecular complexity index is 694. The van der Waals surface area contributed by atoms with Gasteiger partial charge in [-0.15, -0.1) is 0 Å². The van der Waals surface area contributed by atoms with Gasteiger partial charge in [0.1, 0.15) is 6.54 Å². The lowest BCUT2D eigenvalue weighted by Crippen LogP contribution is -2.35. The van der Waals surface area contributed by atoms with Gasteiger partial charge in [-0.2, -0.15) is 4.31 Å². The minimum Gasteiger partial charge on any atom is -0.480 e. The molecule has 1 aromatic rings. The van der Waals surface area contributed by atoms with E-state index >= 15 is 0 Å². The van der Waals surface area contributed by atoms with Gasteiger partial charge in [0.25, 0.3) is 0 Å². The molecular formula is C16H22N2O5S. The molecule has 1 aliphatic heterocycles. The number of amides is 1. The fourth-order valence-electron chi connectivity index (χ4n) is 2.63. The Hall–Kier alpha value is -1.93. The maximum absolute atomic E-state index is 12.5. The number of nitrogens with zero attached hydrogens (tertiary/aromatic N) is 2. The second-order valence-corrected chi connectivity index (χ2v) is 7.87. The summed E-state index contributed by atoms with van der Waals surface area (Å²) < 4.78 is 26.6. The van der Waals surface area contributed by atoms with Crippen LogP contribution >= 0.6 is 0 Å². The van der Waals surface area contributed by atoms with E-state index in [2.05, 4.69) is 0 Å². The van der Waals surface area contributed by atoms with Gasteiger partial charge >= 0.3 is 5.97 Å². The van der Waals surface area contributed by atoms with Crippen LogP contribution in [0.3, 0.4) is 0 Å². The molecule has 0 aliphatic carbocycles. The second-order valence-electron chi connectivity index (χ2n) is 5.93. The second kappa shape index (κ2) is 7.76. The quantitative estimate of drug-likeness (QED) is 0.820. The van der Waals surface area contributed by atoms with Gasteiger partial charge in [-0.1, -0.05) is 18.6 Å². The van der Waals surface area contributed by atoms with Crippen molar-refractivity contribution in [1.82, 2.24) is 9.21 Å². The number of likely N-dealkylation sites (N-methyl/N-ethyl adjacent to an activating group) is 1. The summed E-state index contributed by atoms with van der Waals surface area (Å²) in [5.74, 6) is -1.40. The van der Waals surface area contributed by atoms with Crippen LogP contribution in [0.2, 0.25) is 0 Å². The molecule has 8 heteroatoms. The molecule has 0 unspecified atom stereocenters. The van der Waals surface area contributed by atoms with Crippen LogP contribution in [0, 0.1) is 0 Å². The molecule has 0 bridgehead atoms. The Labute approximate surface area is 141 Å². The van der Waals surface area contributed by atoms with Crippen molar-refractivity contribution in [2.24, 2.45) is 0 Å². The monoisotopic (exact) mass is 354 g/mol. The van der Waals surface area contributed by atoms with Crippen LogP contribution in [0.5, 0.6) is 0 Å². The van der Waals surface area contributed by atoms with E-state index < -0.39 is 16.0 Å². The van der Waals surface area contributed by atoms with Gasteiger partial charge < -0.3 is 10.0 Å². The average molecular weight is 354 g/mol. The zero-order valence-electron chi connectivity index (χ0n) is 13.6. The fourth-order valence-corrected chi connectivity index (χ4v) is 4.15. The average Bonchev–Trinajstić information content (AvgIpc) is 2.55. The van der Waals surface area contributed by atoms with E-state index in [0.717, 1.165) is 24.2 Å². The summed E-state index contributed by atoms with van der Waals surface area (Å²) in [5, 5.41) is 8.68. The Kier molecular flexibility index (Phi) is 5.95. The first kappa shape index (κ1) is 18.4. The number of aliphatic carboxylic acids is 1. The van der Waals surface area contributed by atoms with E-state index in [9.17, 15) is 18.0 Å². The van der Waals surface area contributed by atoms with Gasteiger partial charge in [-0.05, 0) is 30.5 Å². The molecule has 24 heavy (non-hydrogen) atoms. The van der Waals surface area contributed by atoms with Crippen molar-refractivity contribution < 1.29 is 23.1 Å². The first-order valence-electron chi connectivity index (χ1n) is 7.85. The molecule has 1 aromatic carbocycles. The third-order valence-electron chi connectivity index (χ3n) is 4.03. The highest BCUT2D eigenvalue weighted by molar-refractivity contribution is 7.89. The first-order valence-corrected chi connectivity index (χ1v) is 9.29. The van der Waals surface area contributed by atoms with Crippen molar-refractivity contribution in [2.45, 2.75) is 30.6 Å². The van der Waals surface area contributed by atoms with Crippen molar-refractivity contribution in [3.63, 3.8) is 0 Å². The van der Waals surface area contributed by atoms with E-state index in [-0.39, 0.29) is 23.8 Å². The number of hydrogen-bond acceptors (Lipinski definition) is 4. The van der Waals surface area contributed by atoms with Crippen molar-refractivity contribution in [3.8, 4) is 0 Å². The summed E-state index contributed by atoms with van der Waals surface area (Å²) in [6, 6.07) is 6.21. The predicted octanol–water partition coefficient (Wildman–Crippen LogP) is 0.947. The Morgan fingerprint density at radius 3 is 2.25 bits per heavy atom. The Morgan fingerprint density at radius 1 is 1.12 bits per heavy atom. The van der Waals surface area contributed by atoms with Crippen LogP contribution < -0.4 is 0 Å². The van der Waals surface area contributed by atoms with E-state index in [4.69, 9.17) is 5.11 Å². The summed E-state index contributed by atoms with van der Waals surface area (Å²) in [4.78, 5) is 23.9. The highest BCUT2D eigenvalue weighted by Gasteiger charge is 2.25. The molecule has 1 fully saturated rings. The zero-order valence-corrected chi connectivity index (χ0v) is 14.5. The molecular weight excluding hydrogens is 332 g/mol. The van der Waals surface area contributed by atoms with Crippen molar-refractivity contribution in [1.29, 1.82) is 0 Å². The molecule has 0 radical (unpaired) electrons. The normalized spacial score (nSPS) is 15.9. The number of carbonyl (C=O) groups excluding carboxylic acids is 1. The third-order valence-corrected chi connectivity index (χ3v) is 5.94. The summed E-state index contributed by atoms with van der Waals surface area (Å²) >= 11 is 0. The molecule has 0 saturated carbocycles. The molecule has 0 aromatic heterocycles. The molecule has 1 amide bonds. The van der Waals surface area contributed by atoms with Gasteiger partial charge in [0.2, 0.25) is 15.9 Å². The highest BCUT2D eigenvalue weighted by atomic mass is 32.2. The first-order chi connectivity index (χ1) is 11.3. The van der Waals surface area contributed by atoms with E-state index in [1.54, 1.807) is 12.1 Å². The van der Waals surface area contributed by atoms with Crippen molar-refractivity contribution in [2.75, 3.05) is 26.7 Å². The van der Waals surface area contributed by atoms with Crippen LogP contribution in [-0.2, 0) is 26.0 Å². The highest BCUT2D eigenvalue weighted by Crippen LogP contribution is 2.21. The van der Waals surface area contributed by atoms with Crippen molar-refractivity contribution >= 4 is 21.9 Å². The zero-order chi connectivity index (χ0) is 17.7. The topological polar surface area (TPSA) is 95.0 Å². The minimum absolute atomic E-state index is 0.0355. The van der Waals surface area contributed by atoms with Gasteiger partial charge in [0.15, 0.2) is 0 Å². The van der Waals surface area contributed by atoms with Crippen LogP contribution in [-0.4, -0.2) is 61.3 Å². The van der Waals surface area contributed by atoms with E-state index in [0.29, 0.717) is 18.7 Å². The summed E-state index contributed by atoms with van der Waals surface area (Å²) in [7, 11) is -2.06. The SMILES string of the molecule is CN(CC(=O)O)C(=O)Cc1ccc(S(=O)(=O)N2CCCCC2)cc1. The third kappa shape index (κ3) is 4.55. The lowest BCUT2D eigenvalue weighted by molar-refractivity contribution is -0.143. The summed E-state index contributed by atoms with van der Waals surface area (Å²) in [6.07, 6.45) is 2.84. The summed E-state index contributed by atoms with van der Waals surface area (Å²) in [5.41, 5.74) is 0.648. The smallest absolute Gasteiger partial charge is 0.323 e.